The van der Waals surface area contributed by atoms with Crippen molar-refractivity contribution in [1.82, 2.24) is 9.62 Å². The molecular weight excluding hydrogens is 380 g/mol. The van der Waals surface area contributed by atoms with E-state index in [0.717, 1.165) is 6.42 Å². The van der Waals surface area contributed by atoms with Crippen LogP contribution in [0, 0.1) is 5.92 Å². The first-order valence-electron chi connectivity index (χ1n) is 8.06. The van der Waals surface area contributed by atoms with Crippen LogP contribution >= 0.6 is 22.9 Å². The molecule has 2 fully saturated rings. The van der Waals surface area contributed by atoms with Crippen molar-refractivity contribution in [2.75, 3.05) is 6.54 Å². The number of halogens is 1. The molecule has 1 aromatic carbocycles. The van der Waals surface area contributed by atoms with Gasteiger partial charge < -0.3 is 4.90 Å². The van der Waals surface area contributed by atoms with Crippen molar-refractivity contribution >= 4 is 38.9 Å². The van der Waals surface area contributed by atoms with Crippen LogP contribution in [0.1, 0.15) is 23.2 Å². The van der Waals surface area contributed by atoms with Crippen molar-refractivity contribution in [3.8, 4) is 0 Å². The third-order valence-electron chi connectivity index (χ3n) is 4.94. The molecule has 2 bridgehead atoms. The van der Waals surface area contributed by atoms with Crippen LogP contribution in [0.25, 0.3) is 0 Å². The largest absolute Gasteiger partial charge is 0.335 e. The van der Waals surface area contributed by atoms with Crippen molar-refractivity contribution in [3.05, 3.63) is 52.4 Å². The number of likely N-dealkylation sites (tertiary alicyclic amines) is 1. The molecular formula is C17H17ClN2O3S2. The molecule has 1 aliphatic heterocycles. The lowest BCUT2D eigenvalue weighted by atomic mass is 10.0. The van der Waals surface area contributed by atoms with E-state index in [1.165, 1.54) is 11.3 Å². The minimum atomic E-state index is -3.47. The Hall–Kier alpha value is -1.41. The van der Waals surface area contributed by atoms with Gasteiger partial charge in [-0.1, -0.05) is 23.7 Å². The number of thiophene rings is 1. The standard InChI is InChI=1S/C17H17ClN2O3S2/c18-13-4-1-3-11(7-13)17(21)20-10-12-8-14(20)9-15(12)19-25(22,23)16-5-2-6-24-16/h1-7,12,14-15,19H,8-10H2. The molecule has 0 radical (unpaired) electrons. The van der Waals surface area contributed by atoms with E-state index in [1.807, 2.05) is 4.90 Å². The zero-order valence-corrected chi connectivity index (χ0v) is 15.7. The number of sulfonamides is 1. The second kappa shape index (κ2) is 6.39. The minimum Gasteiger partial charge on any atom is -0.335 e. The molecule has 2 heterocycles. The molecule has 5 nitrogen and oxygen atoms in total. The van der Waals surface area contributed by atoms with E-state index in [-0.39, 0.29) is 23.9 Å². The molecule has 3 unspecified atom stereocenters. The van der Waals surface area contributed by atoms with Gasteiger partial charge in [0.05, 0.1) is 0 Å². The average Bonchev–Trinajstić information content (AvgIpc) is 3.30. The van der Waals surface area contributed by atoms with E-state index < -0.39 is 10.0 Å². The highest BCUT2D eigenvalue weighted by molar-refractivity contribution is 7.91. The van der Waals surface area contributed by atoms with Crippen molar-refractivity contribution in [3.63, 3.8) is 0 Å². The highest BCUT2D eigenvalue weighted by Crippen LogP contribution is 2.39. The van der Waals surface area contributed by atoms with Gasteiger partial charge in [0.15, 0.2) is 0 Å². The van der Waals surface area contributed by atoms with Crippen LogP contribution in [-0.2, 0) is 10.0 Å². The molecule has 25 heavy (non-hydrogen) atoms. The highest BCUT2D eigenvalue weighted by atomic mass is 35.5. The first-order valence-corrected chi connectivity index (χ1v) is 10.8. The maximum Gasteiger partial charge on any atom is 0.254 e. The van der Waals surface area contributed by atoms with Crippen LogP contribution in [0.5, 0.6) is 0 Å². The van der Waals surface area contributed by atoms with Crippen LogP contribution in [0.2, 0.25) is 5.02 Å². The molecule has 1 aromatic heterocycles. The number of fused-ring (bicyclic) bond motifs is 2. The van der Waals surface area contributed by atoms with Gasteiger partial charge in [-0.15, -0.1) is 11.3 Å². The predicted octanol–water partition coefficient (Wildman–Crippen LogP) is 2.98. The lowest BCUT2D eigenvalue weighted by Crippen LogP contribution is -2.47. The molecule has 1 aliphatic carbocycles. The fourth-order valence-corrected chi connectivity index (χ4v) is 6.33. The van der Waals surface area contributed by atoms with Crippen molar-refractivity contribution in [1.29, 1.82) is 0 Å². The van der Waals surface area contributed by atoms with Crippen LogP contribution in [0.4, 0.5) is 0 Å². The number of nitrogens with zero attached hydrogens (tertiary/aromatic N) is 1. The third-order valence-corrected chi connectivity index (χ3v) is 8.06. The molecule has 1 saturated heterocycles. The number of carbonyl (C=O) groups is 1. The fraction of sp³-hybridized carbons (Fsp3) is 0.353. The van der Waals surface area contributed by atoms with Crippen molar-refractivity contribution in [2.24, 2.45) is 5.92 Å². The van der Waals surface area contributed by atoms with E-state index >= 15 is 0 Å². The van der Waals surface area contributed by atoms with Crippen LogP contribution in [0.3, 0.4) is 0 Å². The number of carbonyl (C=O) groups excluding carboxylic acids is 1. The molecule has 3 atom stereocenters. The molecule has 1 amide bonds. The Morgan fingerprint density at radius 3 is 2.72 bits per heavy atom. The Morgan fingerprint density at radius 1 is 1.24 bits per heavy atom. The molecule has 1 N–H and O–H groups in total. The van der Waals surface area contributed by atoms with E-state index in [2.05, 4.69) is 4.72 Å². The SMILES string of the molecule is O=C(c1cccc(Cl)c1)N1CC2CC1CC2NS(=O)(=O)c1cccs1. The molecule has 0 spiro atoms. The maximum atomic E-state index is 12.7. The first-order chi connectivity index (χ1) is 11.9. The highest BCUT2D eigenvalue weighted by Gasteiger charge is 2.47. The fourth-order valence-electron chi connectivity index (χ4n) is 3.81. The number of amides is 1. The predicted molar refractivity (Wildman–Crippen MR) is 97.4 cm³/mol. The normalized spacial score (nSPS) is 25.5. The third kappa shape index (κ3) is 3.21. The second-order valence-electron chi connectivity index (χ2n) is 6.51. The number of benzene rings is 1. The Kier molecular flexibility index (Phi) is 4.35. The van der Waals surface area contributed by atoms with E-state index in [0.29, 0.717) is 27.8 Å². The Labute approximate surface area is 155 Å². The van der Waals surface area contributed by atoms with Gasteiger partial charge >= 0.3 is 0 Å². The van der Waals surface area contributed by atoms with Crippen molar-refractivity contribution < 1.29 is 13.2 Å². The number of piperidine rings is 1. The molecule has 1 saturated carbocycles. The van der Waals surface area contributed by atoms with Crippen LogP contribution in [0.15, 0.2) is 46.0 Å². The monoisotopic (exact) mass is 396 g/mol. The van der Waals surface area contributed by atoms with Gasteiger partial charge in [-0.2, -0.15) is 0 Å². The summed E-state index contributed by atoms with van der Waals surface area (Å²) in [6.07, 6.45) is 1.49. The zero-order chi connectivity index (χ0) is 17.6. The van der Waals surface area contributed by atoms with E-state index in [4.69, 9.17) is 11.6 Å². The molecule has 132 valence electrons. The van der Waals surface area contributed by atoms with E-state index in [9.17, 15) is 13.2 Å². The van der Waals surface area contributed by atoms with E-state index in [1.54, 1.807) is 41.8 Å². The summed E-state index contributed by atoms with van der Waals surface area (Å²) in [6.45, 7) is 0.577. The minimum absolute atomic E-state index is 0.0328. The average molecular weight is 397 g/mol. The van der Waals surface area contributed by atoms with Gasteiger partial charge in [-0.05, 0) is 48.4 Å². The van der Waals surface area contributed by atoms with Crippen LogP contribution in [-0.4, -0.2) is 37.9 Å². The van der Waals surface area contributed by atoms with Gasteiger partial charge in [0.2, 0.25) is 10.0 Å². The number of nitrogens with one attached hydrogen (secondary N) is 1. The summed E-state index contributed by atoms with van der Waals surface area (Å²) in [6, 6.07) is 10.2. The summed E-state index contributed by atoms with van der Waals surface area (Å²) in [5, 5.41) is 2.29. The molecule has 2 aromatic rings. The summed E-state index contributed by atoms with van der Waals surface area (Å²) < 4.78 is 28.0. The number of hydrogen-bond donors (Lipinski definition) is 1. The maximum absolute atomic E-state index is 12.7. The van der Waals surface area contributed by atoms with Gasteiger partial charge in [-0.25, -0.2) is 13.1 Å². The molecule has 2 aliphatic rings. The molecule has 8 heteroatoms. The summed E-state index contributed by atoms with van der Waals surface area (Å²) >= 11 is 7.18. The Balaban J connectivity index is 1.45. The van der Waals surface area contributed by atoms with Gasteiger partial charge in [0.1, 0.15) is 4.21 Å². The van der Waals surface area contributed by atoms with Gasteiger partial charge in [-0.3, -0.25) is 4.79 Å². The zero-order valence-electron chi connectivity index (χ0n) is 13.3. The molecule has 4 rings (SSSR count). The smallest absolute Gasteiger partial charge is 0.254 e. The second-order valence-corrected chi connectivity index (χ2v) is 9.84. The lowest BCUT2D eigenvalue weighted by molar-refractivity contribution is 0.0691. The number of rotatable bonds is 4. The number of hydrogen-bond acceptors (Lipinski definition) is 4. The summed E-state index contributed by atoms with van der Waals surface area (Å²) in [5.41, 5.74) is 0.579. The summed E-state index contributed by atoms with van der Waals surface area (Å²) in [5.74, 6) is 0.123. The topological polar surface area (TPSA) is 66.5 Å². The van der Waals surface area contributed by atoms with Gasteiger partial charge in [0, 0.05) is 29.2 Å². The van der Waals surface area contributed by atoms with Crippen LogP contribution < -0.4 is 4.72 Å². The lowest BCUT2D eigenvalue weighted by Gasteiger charge is -2.31. The Bertz CT molecular complexity index is 898. The Morgan fingerprint density at radius 2 is 2.08 bits per heavy atom. The van der Waals surface area contributed by atoms with Gasteiger partial charge in [0.25, 0.3) is 5.91 Å². The quantitative estimate of drug-likeness (QED) is 0.863. The summed E-state index contributed by atoms with van der Waals surface area (Å²) in [4.78, 5) is 14.6. The van der Waals surface area contributed by atoms with Crippen molar-refractivity contribution in [2.45, 2.75) is 29.1 Å². The summed E-state index contributed by atoms with van der Waals surface area (Å²) in [7, 11) is -3.47. The first kappa shape index (κ1) is 17.0.